The quantitative estimate of drug-likeness (QED) is 0.865. The molecule has 0 spiro atoms. The fourth-order valence-electron chi connectivity index (χ4n) is 2.15. The molecule has 25 heavy (non-hydrogen) atoms. The Balaban J connectivity index is 2.36. The minimum Gasteiger partial charge on any atom is -0.365 e. The van der Waals surface area contributed by atoms with E-state index in [4.69, 9.17) is 5.73 Å². The number of hydrogen-bond acceptors (Lipinski definition) is 4. The number of nitrogens with two attached hydrogens (primary N) is 1. The number of rotatable bonds is 5. The lowest BCUT2D eigenvalue weighted by Gasteiger charge is -2.20. The molecule has 2 heterocycles. The SMILES string of the molecule is CN(Cc1cccs1)C(=O)Cn1c(C(F)(F)F)ccc(C(N)=O)c1=O. The zero-order valence-electron chi connectivity index (χ0n) is 13.0. The predicted octanol–water partition coefficient (Wildman–Crippen LogP) is 1.69. The van der Waals surface area contributed by atoms with Crippen molar-refractivity contribution in [2.24, 2.45) is 5.73 Å². The summed E-state index contributed by atoms with van der Waals surface area (Å²) in [5, 5.41) is 1.80. The molecule has 2 rings (SSSR count). The Kier molecular flexibility index (Phi) is 5.31. The Bertz CT molecular complexity index is 844. The van der Waals surface area contributed by atoms with Crippen LogP contribution < -0.4 is 11.3 Å². The Hall–Kier alpha value is -2.62. The first kappa shape index (κ1) is 18.7. The van der Waals surface area contributed by atoms with Gasteiger partial charge in [-0.1, -0.05) is 6.07 Å². The van der Waals surface area contributed by atoms with Gasteiger partial charge in [-0.25, -0.2) is 0 Å². The van der Waals surface area contributed by atoms with E-state index in [0.29, 0.717) is 12.1 Å². The van der Waals surface area contributed by atoms with Gasteiger partial charge in [-0.15, -0.1) is 11.3 Å². The first-order chi connectivity index (χ1) is 11.6. The number of alkyl halides is 3. The first-order valence-electron chi connectivity index (χ1n) is 6.98. The Labute approximate surface area is 144 Å². The van der Waals surface area contributed by atoms with Gasteiger partial charge in [-0.05, 0) is 23.6 Å². The summed E-state index contributed by atoms with van der Waals surface area (Å²) in [6.45, 7) is -0.654. The smallest absolute Gasteiger partial charge is 0.365 e. The van der Waals surface area contributed by atoms with Crippen LogP contribution in [0.4, 0.5) is 13.2 Å². The maximum absolute atomic E-state index is 13.1. The molecule has 2 amide bonds. The van der Waals surface area contributed by atoms with Gasteiger partial charge < -0.3 is 10.6 Å². The molecular weight excluding hydrogens is 359 g/mol. The van der Waals surface area contributed by atoms with Gasteiger partial charge in [-0.2, -0.15) is 13.2 Å². The lowest BCUT2D eigenvalue weighted by atomic mass is 10.2. The second-order valence-electron chi connectivity index (χ2n) is 5.21. The van der Waals surface area contributed by atoms with E-state index in [0.717, 1.165) is 4.88 Å². The number of carbonyl (C=O) groups is 2. The molecule has 2 aromatic heterocycles. The van der Waals surface area contributed by atoms with E-state index in [1.807, 2.05) is 0 Å². The van der Waals surface area contributed by atoms with E-state index >= 15 is 0 Å². The third kappa shape index (κ3) is 4.27. The average Bonchev–Trinajstić information content (AvgIpc) is 3.00. The summed E-state index contributed by atoms with van der Waals surface area (Å²) in [7, 11) is 1.41. The fourth-order valence-corrected chi connectivity index (χ4v) is 2.91. The lowest BCUT2D eigenvalue weighted by molar-refractivity contribution is -0.145. The van der Waals surface area contributed by atoms with Crippen molar-refractivity contribution in [3.63, 3.8) is 0 Å². The minimum absolute atomic E-state index is 0.197. The van der Waals surface area contributed by atoms with Crippen molar-refractivity contribution in [3.8, 4) is 0 Å². The summed E-state index contributed by atoms with van der Waals surface area (Å²) >= 11 is 1.39. The number of primary amides is 1. The number of pyridine rings is 1. The van der Waals surface area contributed by atoms with E-state index in [-0.39, 0.29) is 11.1 Å². The molecule has 2 N–H and O–H groups in total. The van der Waals surface area contributed by atoms with Gasteiger partial charge in [0, 0.05) is 11.9 Å². The van der Waals surface area contributed by atoms with Crippen LogP contribution in [0.25, 0.3) is 0 Å². The topological polar surface area (TPSA) is 85.4 Å². The summed E-state index contributed by atoms with van der Waals surface area (Å²) in [6, 6.07) is 4.83. The minimum atomic E-state index is -4.86. The maximum Gasteiger partial charge on any atom is 0.431 e. The van der Waals surface area contributed by atoms with Crippen molar-refractivity contribution in [1.82, 2.24) is 9.47 Å². The monoisotopic (exact) mass is 373 g/mol. The van der Waals surface area contributed by atoms with Crippen molar-refractivity contribution >= 4 is 23.2 Å². The summed E-state index contributed by atoms with van der Waals surface area (Å²) in [6.07, 6.45) is -4.86. The number of amides is 2. The maximum atomic E-state index is 13.1. The Morgan fingerprint density at radius 3 is 2.48 bits per heavy atom. The highest BCUT2D eigenvalue weighted by Gasteiger charge is 2.35. The highest BCUT2D eigenvalue weighted by molar-refractivity contribution is 7.09. The number of aromatic nitrogens is 1. The van der Waals surface area contributed by atoms with Gasteiger partial charge in [0.1, 0.15) is 17.8 Å². The lowest BCUT2D eigenvalue weighted by Crippen LogP contribution is -2.39. The van der Waals surface area contributed by atoms with Gasteiger partial charge in [0.25, 0.3) is 11.5 Å². The third-order valence-electron chi connectivity index (χ3n) is 3.42. The van der Waals surface area contributed by atoms with Crippen molar-refractivity contribution < 1.29 is 22.8 Å². The van der Waals surface area contributed by atoms with Gasteiger partial charge >= 0.3 is 6.18 Å². The number of thiophene rings is 1. The van der Waals surface area contributed by atoms with Crippen LogP contribution in [0.2, 0.25) is 0 Å². The van der Waals surface area contributed by atoms with Gasteiger partial charge in [0.05, 0.1) is 6.54 Å². The van der Waals surface area contributed by atoms with Gasteiger partial charge in [0.2, 0.25) is 5.91 Å². The molecule has 0 saturated carbocycles. The molecule has 10 heteroatoms. The largest absolute Gasteiger partial charge is 0.431 e. The first-order valence-corrected chi connectivity index (χ1v) is 7.86. The average molecular weight is 373 g/mol. The van der Waals surface area contributed by atoms with Crippen LogP contribution in [0.5, 0.6) is 0 Å². The van der Waals surface area contributed by atoms with Crippen LogP contribution in [0.15, 0.2) is 34.4 Å². The predicted molar refractivity (Wildman–Crippen MR) is 85.0 cm³/mol. The van der Waals surface area contributed by atoms with E-state index in [1.165, 1.54) is 23.3 Å². The molecule has 6 nitrogen and oxygen atoms in total. The standard InChI is InChI=1S/C15H14F3N3O3S/c1-20(7-9-3-2-6-25-9)12(22)8-21-11(15(16,17)18)5-4-10(13(19)23)14(21)24/h2-6H,7-8H2,1H3,(H2,19,23). The van der Waals surface area contributed by atoms with Crippen LogP contribution in [-0.2, 0) is 24.1 Å². The number of nitrogens with zero attached hydrogens (tertiary/aromatic N) is 2. The molecule has 2 aromatic rings. The molecule has 0 unspecified atom stereocenters. The molecule has 0 radical (unpaired) electrons. The van der Waals surface area contributed by atoms with Crippen molar-refractivity contribution in [2.45, 2.75) is 19.3 Å². The van der Waals surface area contributed by atoms with E-state index in [1.54, 1.807) is 17.5 Å². The molecule has 134 valence electrons. The molecule has 0 saturated heterocycles. The molecule has 0 atom stereocenters. The van der Waals surface area contributed by atoms with Crippen molar-refractivity contribution in [3.05, 3.63) is 56.1 Å². The van der Waals surface area contributed by atoms with Gasteiger partial charge in [0.15, 0.2) is 0 Å². The highest BCUT2D eigenvalue weighted by atomic mass is 32.1. The summed E-state index contributed by atoms with van der Waals surface area (Å²) in [5.74, 6) is -1.87. The molecule has 0 aliphatic heterocycles. The van der Waals surface area contributed by atoms with Crippen LogP contribution >= 0.6 is 11.3 Å². The number of halogens is 3. The summed E-state index contributed by atoms with van der Waals surface area (Å²) < 4.78 is 39.6. The van der Waals surface area contributed by atoms with E-state index < -0.39 is 41.4 Å². The van der Waals surface area contributed by atoms with Crippen LogP contribution in [0.1, 0.15) is 20.9 Å². The Morgan fingerprint density at radius 2 is 1.96 bits per heavy atom. The molecule has 0 bridgehead atoms. The molecule has 0 fully saturated rings. The van der Waals surface area contributed by atoms with Crippen molar-refractivity contribution in [1.29, 1.82) is 0 Å². The second-order valence-corrected chi connectivity index (χ2v) is 6.25. The van der Waals surface area contributed by atoms with Gasteiger partial charge in [-0.3, -0.25) is 19.0 Å². The van der Waals surface area contributed by atoms with Crippen LogP contribution in [-0.4, -0.2) is 28.3 Å². The second kappa shape index (κ2) is 7.09. The number of carbonyl (C=O) groups excluding carboxylic acids is 2. The summed E-state index contributed by atoms with van der Waals surface area (Å²) in [5.41, 5.74) is 1.82. The van der Waals surface area contributed by atoms with E-state index in [2.05, 4.69) is 0 Å². The highest BCUT2D eigenvalue weighted by Crippen LogP contribution is 2.28. The van der Waals surface area contributed by atoms with Crippen LogP contribution in [0.3, 0.4) is 0 Å². The fraction of sp³-hybridized carbons (Fsp3) is 0.267. The molecule has 0 aliphatic rings. The zero-order valence-corrected chi connectivity index (χ0v) is 13.9. The molecule has 0 aromatic carbocycles. The number of hydrogen-bond donors (Lipinski definition) is 1. The van der Waals surface area contributed by atoms with E-state index in [9.17, 15) is 27.6 Å². The molecular formula is C15H14F3N3O3S. The number of likely N-dealkylation sites (N-methyl/N-ethyl adjacent to an activating group) is 1. The normalized spacial score (nSPS) is 11.4. The van der Waals surface area contributed by atoms with Crippen LogP contribution in [0, 0.1) is 0 Å². The third-order valence-corrected chi connectivity index (χ3v) is 4.28. The molecule has 0 aliphatic carbocycles. The zero-order chi connectivity index (χ0) is 18.8. The Morgan fingerprint density at radius 1 is 1.28 bits per heavy atom. The summed E-state index contributed by atoms with van der Waals surface area (Å²) in [4.78, 5) is 37.6. The van der Waals surface area contributed by atoms with Crippen molar-refractivity contribution in [2.75, 3.05) is 7.05 Å².